The van der Waals surface area contributed by atoms with Gasteiger partial charge in [-0.15, -0.1) is 11.8 Å². The van der Waals surface area contributed by atoms with Crippen LogP contribution in [0.25, 0.3) is 0 Å². The molecule has 0 spiro atoms. The Morgan fingerprint density at radius 3 is 2.81 bits per heavy atom. The molecule has 1 aromatic rings. The van der Waals surface area contributed by atoms with E-state index in [0.717, 1.165) is 24.2 Å². The molecule has 2 rings (SSSR count). The van der Waals surface area contributed by atoms with Gasteiger partial charge in [0.2, 0.25) is 5.91 Å². The van der Waals surface area contributed by atoms with Crippen LogP contribution in [-0.2, 0) is 11.3 Å². The summed E-state index contributed by atoms with van der Waals surface area (Å²) in [6.07, 6.45) is 2.15. The summed E-state index contributed by atoms with van der Waals surface area (Å²) < 4.78 is -0.200. The first-order chi connectivity index (χ1) is 7.71. The molecule has 3 heteroatoms. The fraction of sp³-hybridized carbons (Fsp3) is 0.462. The number of hydrogen-bond acceptors (Lipinski definition) is 2. The minimum atomic E-state index is -0.200. The molecule has 16 heavy (non-hydrogen) atoms. The van der Waals surface area contributed by atoms with Crippen molar-refractivity contribution in [1.82, 2.24) is 5.32 Å². The van der Waals surface area contributed by atoms with Crippen LogP contribution in [-0.4, -0.2) is 16.4 Å². The Labute approximate surface area is 101 Å². The number of rotatable bonds is 3. The van der Waals surface area contributed by atoms with Gasteiger partial charge >= 0.3 is 0 Å². The van der Waals surface area contributed by atoms with Crippen molar-refractivity contribution >= 4 is 17.7 Å². The smallest absolute Gasteiger partial charge is 0.236 e. The van der Waals surface area contributed by atoms with Gasteiger partial charge < -0.3 is 5.32 Å². The Hall–Kier alpha value is -0.960. The molecule has 0 saturated carbocycles. The zero-order valence-corrected chi connectivity index (χ0v) is 10.3. The first-order valence-electron chi connectivity index (χ1n) is 5.67. The van der Waals surface area contributed by atoms with Gasteiger partial charge in [-0.2, -0.15) is 0 Å². The number of hydrogen-bond donors (Lipinski definition) is 1. The van der Waals surface area contributed by atoms with Crippen LogP contribution in [0.2, 0.25) is 0 Å². The molecule has 1 atom stereocenters. The lowest BCUT2D eigenvalue weighted by Gasteiger charge is -2.21. The Kier molecular flexibility index (Phi) is 3.54. The van der Waals surface area contributed by atoms with E-state index in [9.17, 15) is 4.79 Å². The van der Waals surface area contributed by atoms with Gasteiger partial charge in [0.1, 0.15) is 0 Å². The topological polar surface area (TPSA) is 29.1 Å². The lowest BCUT2D eigenvalue weighted by atomic mass is 10.0. The maximum absolute atomic E-state index is 12.0. The van der Waals surface area contributed by atoms with Crippen molar-refractivity contribution in [3.05, 3.63) is 35.9 Å². The Morgan fingerprint density at radius 1 is 1.44 bits per heavy atom. The molecule has 0 aliphatic carbocycles. The van der Waals surface area contributed by atoms with E-state index < -0.39 is 0 Å². The van der Waals surface area contributed by atoms with Crippen LogP contribution in [0.3, 0.4) is 0 Å². The molecule has 1 unspecified atom stereocenters. The second-order valence-corrected chi connectivity index (χ2v) is 5.95. The maximum atomic E-state index is 12.0. The zero-order chi connectivity index (χ0) is 11.4. The molecule has 0 bridgehead atoms. The summed E-state index contributed by atoms with van der Waals surface area (Å²) in [4.78, 5) is 12.0. The predicted molar refractivity (Wildman–Crippen MR) is 68.4 cm³/mol. The monoisotopic (exact) mass is 235 g/mol. The molecule has 0 aromatic heterocycles. The van der Waals surface area contributed by atoms with E-state index in [1.54, 1.807) is 11.8 Å². The molecule has 1 fully saturated rings. The number of amides is 1. The minimum absolute atomic E-state index is 0.179. The van der Waals surface area contributed by atoms with Crippen LogP contribution in [0.15, 0.2) is 30.3 Å². The largest absolute Gasteiger partial charge is 0.351 e. The summed E-state index contributed by atoms with van der Waals surface area (Å²) in [5.41, 5.74) is 1.16. The number of carbonyl (C=O) groups is 1. The second-order valence-electron chi connectivity index (χ2n) is 4.35. The quantitative estimate of drug-likeness (QED) is 0.872. The predicted octanol–water partition coefficient (Wildman–Crippen LogP) is 2.59. The molecule has 1 N–H and O–H groups in total. The molecule has 1 amide bonds. The van der Waals surface area contributed by atoms with E-state index in [0.29, 0.717) is 6.54 Å². The van der Waals surface area contributed by atoms with Gasteiger partial charge in [-0.3, -0.25) is 4.79 Å². The van der Waals surface area contributed by atoms with Gasteiger partial charge in [0, 0.05) is 6.54 Å². The van der Waals surface area contributed by atoms with Crippen LogP contribution in [0.4, 0.5) is 0 Å². The van der Waals surface area contributed by atoms with E-state index >= 15 is 0 Å². The summed E-state index contributed by atoms with van der Waals surface area (Å²) in [7, 11) is 0. The maximum Gasteiger partial charge on any atom is 0.236 e. The summed E-state index contributed by atoms with van der Waals surface area (Å²) in [5, 5.41) is 3.02. The number of nitrogens with one attached hydrogen (secondary N) is 1. The normalized spacial score (nSPS) is 24.3. The first-order valence-corrected chi connectivity index (χ1v) is 6.65. The van der Waals surface area contributed by atoms with E-state index in [2.05, 4.69) is 5.32 Å². The summed E-state index contributed by atoms with van der Waals surface area (Å²) in [6, 6.07) is 10.0. The average Bonchev–Trinajstić information content (AvgIpc) is 2.76. The summed E-state index contributed by atoms with van der Waals surface area (Å²) in [5.74, 6) is 1.29. The van der Waals surface area contributed by atoms with Crippen molar-refractivity contribution < 1.29 is 4.79 Å². The SMILES string of the molecule is CC1(C(=O)NCc2ccccc2)CCCS1. The average molecular weight is 235 g/mol. The van der Waals surface area contributed by atoms with Crippen LogP contribution in [0.5, 0.6) is 0 Å². The summed E-state index contributed by atoms with van der Waals surface area (Å²) in [6.45, 7) is 2.68. The van der Waals surface area contributed by atoms with Gasteiger partial charge in [0.05, 0.1) is 4.75 Å². The molecule has 0 radical (unpaired) electrons. The highest BCUT2D eigenvalue weighted by molar-refractivity contribution is 8.01. The highest BCUT2D eigenvalue weighted by atomic mass is 32.2. The highest BCUT2D eigenvalue weighted by Crippen LogP contribution is 2.37. The molecule has 1 saturated heterocycles. The van der Waals surface area contributed by atoms with E-state index in [-0.39, 0.29) is 10.7 Å². The van der Waals surface area contributed by atoms with Crippen LogP contribution >= 0.6 is 11.8 Å². The Morgan fingerprint density at radius 2 is 2.19 bits per heavy atom. The fourth-order valence-corrected chi connectivity index (χ4v) is 3.15. The number of benzene rings is 1. The third-order valence-electron chi connectivity index (χ3n) is 3.00. The third-order valence-corrected chi connectivity index (χ3v) is 4.51. The molecule has 86 valence electrons. The molecular formula is C13H17NOS. The van der Waals surface area contributed by atoms with Gasteiger partial charge in [0.25, 0.3) is 0 Å². The number of thioether (sulfide) groups is 1. The van der Waals surface area contributed by atoms with Gasteiger partial charge in [-0.05, 0) is 31.1 Å². The van der Waals surface area contributed by atoms with Crippen LogP contribution < -0.4 is 5.32 Å². The van der Waals surface area contributed by atoms with Crippen molar-refractivity contribution in [2.75, 3.05) is 5.75 Å². The van der Waals surface area contributed by atoms with Gasteiger partial charge in [-0.1, -0.05) is 30.3 Å². The lowest BCUT2D eigenvalue weighted by Crippen LogP contribution is -2.39. The molecular weight excluding hydrogens is 218 g/mol. The zero-order valence-electron chi connectivity index (χ0n) is 9.53. The molecule has 1 aliphatic rings. The van der Waals surface area contributed by atoms with Crippen molar-refractivity contribution in [3.63, 3.8) is 0 Å². The number of carbonyl (C=O) groups excluding carboxylic acids is 1. The fourth-order valence-electron chi connectivity index (χ4n) is 1.92. The van der Waals surface area contributed by atoms with Crippen LogP contribution in [0, 0.1) is 0 Å². The van der Waals surface area contributed by atoms with E-state index in [4.69, 9.17) is 0 Å². The van der Waals surface area contributed by atoms with Gasteiger partial charge in [-0.25, -0.2) is 0 Å². The van der Waals surface area contributed by atoms with E-state index in [1.165, 1.54) is 0 Å². The summed E-state index contributed by atoms with van der Waals surface area (Å²) >= 11 is 1.78. The first kappa shape index (κ1) is 11.5. The molecule has 1 aliphatic heterocycles. The van der Waals surface area contributed by atoms with Crippen molar-refractivity contribution in [3.8, 4) is 0 Å². The third kappa shape index (κ3) is 2.59. The second kappa shape index (κ2) is 4.91. The standard InChI is InChI=1S/C13H17NOS/c1-13(8-5-9-16-13)12(15)14-10-11-6-3-2-4-7-11/h2-4,6-7H,5,8-10H2,1H3,(H,14,15). The van der Waals surface area contributed by atoms with Crippen molar-refractivity contribution in [2.24, 2.45) is 0 Å². The Bertz CT molecular complexity index is 357. The Balaban J connectivity index is 1.89. The van der Waals surface area contributed by atoms with Crippen molar-refractivity contribution in [2.45, 2.75) is 31.1 Å². The molecule has 2 nitrogen and oxygen atoms in total. The minimum Gasteiger partial charge on any atom is -0.351 e. The van der Waals surface area contributed by atoms with Gasteiger partial charge in [0.15, 0.2) is 0 Å². The van der Waals surface area contributed by atoms with Crippen LogP contribution in [0.1, 0.15) is 25.3 Å². The van der Waals surface area contributed by atoms with E-state index in [1.807, 2.05) is 37.3 Å². The van der Waals surface area contributed by atoms with Crippen molar-refractivity contribution in [1.29, 1.82) is 0 Å². The molecule has 1 heterocycles. The highest BCUT2D eigenvalue weighted by Gasteiger charge is 2.36. The molecule has 1 aromatic carbocycles. The lowest BCUT2D eigenvalue weighted by molar-refractivity contribution is -0.123.